The van der Waals surface area contributed by atoms with Crippen molar-refractivity contribution in [1.29, 1.82) is 0 Å². The molecule has 1 N–H and O–H groups in total. The minimum absolute atomic E-state index is 0.0612. The van der Waals surface area contributed by atoms with Gasteiger partial charge in [-0.15, -0.1) is 0 Å². The normalized spacial score (nSPS) is 16.7. The van der Waals surface area contributed by atoms with Crippen molar-refractivity contribution in [1.82, 2.24) is 9.80 Å². The number of ether oxygens (including phenoxy) is 1. The lowest BCUT2D eigenvalue weighted by Crippen LogP contribution is -2.52. The van der Waals surface area contributed by atoms with Gasteiger partial charge in [-0.1, -0.05) is 6.58 Å². The summed E-state index contributed by atoms with van der Waals surface area (Å²) in [6.45, 7) is 12.5. The van der Waals surface area contributed by atoms with Crippen molar-refractivity contribution in [2.45, 2.75) is 52.2 Å². The van der Waals surface area contributed by atoms with E-state index >= 15 is 0 Å². The van der Waals surface area contributed by atoms with Gasteiger partial charge in [0, 0.05) is 36.9 Å². The summed E-state index contributed by atoms with van der Waals surface area (Å²) in [5, 5.41) is 2.66. The second-order valence-electron chi connectivity index (χ2n) is 8.08. The third kappa shape index (κ3) is 6.34. The number of benzene rings is 1. The standard InChI is InChI=1S/C22H31N3O4/c1-6-19(26)23-17-12-10-16(11-13-17)20(27)25(7-2)18-9-8-14-24(15-18)21(28)29-22(3,4)5/h6,10-13,18H,1,7-9,14-15H2,2-5H3,(H,23,26). The minimum atomic E-state index is -0.549. The first kappa shape index (κ1) is 22.5. The number of rotatable bonds is 5. The van der Waals surface area contributed by atoms with Crippen LogP contribution < -0.4 is 5.32 Å². The number of amides is 3. The molecular formula is C22H31N3O4. The number of likely N-dealkylation sites (N-methyl/N-ethyl adjacent to an activating group) is 1. The Bertz CT molecular complexity index is 752. The number of piperidine rings is 1. The van der Waals surface area contributed by atoms with Crippen LogP contribution in [-0.4, -0.2) is 59.0 Å². The Labute approximate surface area is 172 Å². The molecule has 1 unspecified atom stereocenters. The van der Waals surface area contributed by atoms with Crippen LogP contribution in [0, 0.1) is 0 Å². The molecule has 29 heavy (non-hydrogen) atoms. The van der Waals surface area contributed by atoms with Crippen LogP contribution in [0.2, 0.25) is 0 Å². The molecule has 1 atom stereocenters. The van der Waals surface area contributed by atoms with E-state index in [9.17, 15) is 14.4 Å². The smallest absolute Gasteiger partial charge is 0.410 e. The van der Waals surface area contributed by atoms with Gasteiger partial charge in [0.25, 0.3) is 5.91 Å². The first-order chi connectivity index (χ1) is 13.6. The van der Waals surface area contributed by atoms with Crippen LogP contribution in [0.3, 0.4) is 0 Å². The molecule has 2 rings (SSSR count). The predicted octanol–water partition coefficient (Wildman–Crippen LogP) is 3.67. The Hall–Kier alpha value is -2.83. The van der Waals surface area contributed by atoms with Gasteiger partial charge in [-0.05, 0) is 70.9 Å². The van der Waals surface area contributed by atoms with E-state index in [4.69, 9.17) is 4.74 Å². The van der Waals surface area contributed by atoms with E-state index in [1.807, 2.05) is 27.7 Å². The van der Waals surface area contributed by atoms with Crippen LogP contribution in [0.15, 0.2) is 36.9 Å². The molecule has 1 saturated heterocycles. The van der Waals surface area contributed by atoms with E-state index in [0.717, 1.165) is 12.8 Å². The average Bonchev–Trinajstić information content (AvgIpc) is 2.68. The Morgan fingerprint density at radius 2 is 1.93 bits per heavy atom. The number of hydrogen-bond donors (Lipinski definition) is 1. The summed E-state index contributed by atoms with van der Waals surface area (Å²) in [6.07, 6.45) is 2.51. The molecule has 1 heterocycles. The molecule has 0 radical (unpaired) electrons. The van der Waals surface area contributed by atoms with Crippen molar-refractivity contribution in [2.24, 2.45) is 0 Å². The summed E-state index contributed by atoms with van der Waals surface area (Å²) in [7, 11) is 0. The minimum Gasteiger partial charge on any atom is -0.444 e. The monoisotopic (exact) mass is 401 g/mol. The van der Waals surface area contributed by atoms with Crippen molar-refractivity contribution in [3.8, 4) is 0 Å². The van der Waals surface area contributed by atoms with E-state index in [1.165, 1.54) is 6.08 Å². The first-order valence-electron chi connectivity index (χ1n) is 9.97. The van der Waals surface area contributed by atoms with Crippen molar-refractivity contribution >= 4 is 23.6 Å². The molecular weight excluding hydrogens is 370 g/mol. The number of carbonyl (C=O) groups is 3. The highest BCUT2D eigenvalue weighted by atomic mass is 16.6. The summed E-state index contributed by atoms with van der Waals surface area (Å²) in [5.74, 6) is -0.395. The number of anilines is 1. The maximum Gasteiger partial charge on any atom is 0.410 e. The fourth-order valence-electron chi connectivity index (χ4n) is 3.32. The Morgan fingerprint density at radius 1 is 1.28 bits per heavy atom. The zero-order valence-corrected chi connectivity index (χ0v) is 17.7. The van der Waals surface area contributed by atoms with Gasteiger partial charge in [-0.25, -0.2) is 4.79 Å². The van der Waals surface area contributed by atoms with E-state index in [0.29, 0.717) is 30.9 Å². The zero-order valence-electron chi connectivity index (χ0n) is 17.7. The topological polar surface area (TPSA) is 79.0 Å². The summed E-state index contributed by atoms with van der Waals surface area (Å²) >= 11 is 0. The van der Waals surface area contributed by atoms with E-state index in [-0.39, 0.29) is 23.9 Å². The summed E-state index contributed by atoms with van der Waals surface area (Å²) in [5.41, 5.74) is 0.591. The Morgan fingerprint density at radius 3 is 2.48 bits per heavy atom. The van der Waals surface area contributed by atoms with E-state index in [1.54, 1.807) is 34.1 Å². The molecule has 1 aromatic carbocycles. The number of nitrogens with zero attached hydrogens (tertiary/aromatic N) is 2. The first-order valence-corrected chi connectivity index (χ1v) is 9.97. The van der Waals surface area contributed by atoms with Crippen LogP contribution in [0.4, 0.5) is 10.5 Å². The fourth-order valence-corrected chi connectivity index (χ4v) is 3.32. The molecule has 1 aliphatic rings. The number of likely N-dealkylation sites (tertiary alicyclic amines) is 1. The molecule has 0 aliphatic carbocycles. The van der Waals surface area contributed by atoms with Crippen LogP contribution in [0.5, 0.6) is 0 Å². The highest BCUT2D eigenvalue weighted by Gasteiger charge is 2.32. The van der Waals surface area contributed by atoms with Gasteiger partial charge >= 0.3 is 6.09 Å². The lowest BCUT2D eigenvalue weighted by Gasteiger charge is -2.39. The van der Waals surface area contributed by atoms with E-state index < -0.39 is 5.60 Å². The highest BCUT2D eigenvalue weighted by Crippen LogP contribution is 2.21. The van der Waals surface area contributed by atoms with Crippen LogP contribution >= 0.6 is 0 Å². The molecule has 7 nitrogen and oxygen atoms in total. The second kappa shape index (κ2) is 9.58. The number of carbonyl (C=O) groups excluding carboxylic acids is 3. The molecule has 0 bridgehead atoms. The van der Waals surface area contributed by atoms with Gasteiger partial charge in [-0.3, -0.25) is 9.59 Å². The van der Waals surface area contributed by atoms with Crippen molar-refractivity contribution in [3.63, 3.8) is 0 Å². The molecule has 1 aliphatic heterocycles. The van der Waals surface area contributed by atoms with Crippen LogP contribution in [0.25, 0.3) is 0 Å². The molecule has 3 amide bonds. The summed E-state index contributed by atoms with van der Waals surface area (Å²) in [6, 6.07) is 6.71. The second-order valence-corrected chi connectivity index (χ2v) is 8.08. The quantitative estimate of drug-likeness (QED) is 0.764. The maximum absolute atomic E-state index is 13.1. The van der Waals surface area contributed by atoms with Gasteiger partial charge in [0.15, 0.2) is 0 Å². The van der Waals surface area contributed by atoms with Crippen molar-refractivity contribution in [3.05, 3.63) is 42.5 Å². The highest BCUT2D eigenvalue weighted by molar-refractivity contribution is 5.99. The third-order valence-corrected chi connectivity index (χ3v) is 4.68. The van der Waals surface area contributed by atoms with Crippen molar-refractivity contribution < 1.29 is 19.1 Å². The van der Waals surface area contributed by atoms with Gasteiger partial charge in [-0.2, -0.15) is 0 Å². The van der Waals surface area contributed by atoms with Crippen LogP contribution in [-0.2, 0) is 9.53 Å². The zero-order chi connectivity index (χ0) is 21.6. The predicted molar refractivity (Wildman–Crippen MR) is 113 cm³/mol. The molecule has 158 valence electrons. The largest absolute Gasteiger partial charge is 0.444 e. The van der Waals surface area contributed by atoms with Gasteiger partial charge in [0.05, 0.1) is 0 Å². The maximum atomic E-state index is 13.1. The molecule has 0 saturated carbocycles. The van der Waals surface area contributed by atoms with Gasteiger partial charge in [0.1, 0.15) is 5.60 Å². The Balaban J connectivity index is 2.07. The number of nitrogens with one attached hydrogen (secondary N) is 1. The molecule has 1 aromatic rings. The molecule has 0 spiro atoms. The average molecular weight is 402 g/mol. The third-order valence-electron chi connectivity index (χ3n) is 4.68. The molecule has 0 aromatic heterocycles. The van der Waals surface area contributed by atoms with Gasteiger partial charge < -0.3 is 19.9 Å². The summed E-state index contributed by atoms with van der Waals surface area (Å²) < 4.78 is 5.48. The van der Waals surface area contributed by atoms with Gasteiger partial charge in [0.2, 0.25) is 5.91 Å². The SMILES string of the molecule is C=CC(=O)Nc1ccc(C(=O)N(CC)C2CCCN(C(=O)OC(C)(C)C)C2)cc1. The van der Waals surface area contributed by atoms with E-state index in [2.05, 4.69) is 11.9 Å². The number of hydrogen-bond acceptors (Lipinski definition) is 4. The van der Waals surface area contributed by atoms with Crippen LogP contribution in [0.1, 0.15) is 50.9 Å². The Kier molecular flexibility index (Phi) is 7.42. The lowest BCUT2D eigenvalue weighted by molar-refractivity contribution is -0.111. The fraction of sp³-hybridized carbons (Fsp3) is 0.500. The van der Waals surface area contributed by atoms with Crippen molar-refractivity contribution in [2.75, 3.05) is 25.0 Å². The lowest BCUT2D eigenvalue weighted by atomic mass is 10.0. The molecule has 1 fully saturated rings. The summed E-state index contributed by atoms with van der Waals surface area (Å²) in [4.78, 5) is 40.3. The molecule has 7 heteroatoms.